The maximum Gasteiger partial charge on any atom is 0.241 e. The molecule has 0 bridgehead atoms. The Hall–Kier alpha value is -1.64. The largest absolute Gasteiger partial charge is 0.366 e. The van der Waals surface area contributed by atoms with E-state index in [2.05, 4.69) is 0 Å². The zero-order valence-corrected chi connectivity index (χ0v) is 8.17. The number of carbonyl (C=O) groups is 1. The molecule has 3 heteroatoms. The SMILES string of the molecule is Cc1cc(/C=C\C(N)=O)cc(C)c1F. The van der Waals surface area contributed by atoms with Gasteiger partial charge in [-0.15, -0.1) is 0 Å². The summed E-state index contributed by atoms with van der Waals surface area (Å²) in [4.78, 5) is 10.5. The summed E-state index contributed by atoms with van der Waals surface area (Å²) in [6, 6.07) is 3.34. The van der Waals surface area contributed by atoms with Crippen LogP contribution in [0.4, 0.5) is 4.39 Å². The summed E-state index contributed by atoms with van der Waals surface area (Å²) in [6.07, 6.45) is 2.83. The molecule has 0 aliphatic heterocycles. The smallest absolute Gasteiger partial charge is 0.241 e. The lowest BCUT2D eigenvalue weighted by atomic mass is 10.1. The maximum absolute atomic E-state index is 13.2. The lowest BCUT2D eigenvalue weighted by molar-refractivity contribution is -0.113. The molecule has 0 saturated carbocycles. The Bertz CT molecular complexity index is 373. The third kappa shape index (κ3) is 2.42. The lowest BCUT2D eigenvalue weighted by Gasteiger charge is -2.02. The highest BCUT2D eigenvalue weighted by Gasteiger charge is 2.02. The fourth-order valence-electron chi connectivity index (χ4n) is 1.25. The van der Waals surface area contributed by atoms with Crippen LogP contribution in [0.1, 0.15) is 16.7 Å². The number of hydrogen-bond acceptors (Lipinski definition) is 1. The molecule has 0 aromatic heterocycles. The molecule has 0 unspecified atom stereocenters. The van der Waals surface area contributed by atoms with Crippen molar-refractivity contribution in [2.45, 2.75) is 13.8 Å². The Labute approximate surface area is 82.2 Å². The summed E-state index contributed by atoms with van der Waals surface area (Å²) in [7, 11) is 0. The van der Waals surface area contributed by atoms with Gasteiger partial charge in [0.05, 0.1) is 0 Å². The van der Waals surface area contributed by atoms with Crippen LogP contribution in [0.15, 0.2) is 18.2 Å². The van der Waals surface area contributed by atoms with E-state index in [9.17, 15) is 9.18 Å². The Balaban J connectivity index is 3.07. The number of rotatable bonds is 2. The van der Waals surface area contributed by atoms with E-state index in [1.54, 1.807) is 32.1 Å². The number of hydrogen-bond donors (Lipinski definition) is 1. The fraction of sp³-hybridized carbons (Fsp3) is 0.182. The first-order chi connectivity index (χ1) is 6.50. The Morgan fingerprint density at radius 1 is 1.36 bits per heavy atom. The van der Waals surface area contributed by atoms with Crippen molar-refractivity contribution in [2.24, 2.45) is 5.73 Å². The second kappa shape index (κ2) is 4.05. The van der Waals surface area contributed by atoms with Crippen molar-refractivity contribution in [3.63, 3.8) is 0 Å². The molecule has 2 N–H and O–H groups in total. The zero-order valence-electron chi connectivity index (χ0n) is 8.17. The van der Waals surface area contributed by atoms with Gasteiger partial charge in [0.15, 0.2) is 0 Å². The van der Waals surface area contributed by atoms with Gasteiger partial charge in [0.2, 0.25) is 5.91 Å². The first kappa shape index (κ1) is 10.4. The molecule has 2 nitrogen and oxygen atoms in total. The van der Waals surface area contributed by atoms with E-state index in [1.165, 1.54) is 6.08 Å². The number of carbonyl (C=O) groups excluding carboxylic acids is 1. The average molecular weight is 193 g/mol. The number of halogens is 1. The molecule has 0 heterocycles. The van der Waals surface area contributed by atoms with Gasteiger partial charge in [0.1, 0.15) is 5.82 Å². The van der Waals surface area contributed by atoms with E-state index in [1.807, 2.05) is 0 Å². The van der Waals surface area contributed by atoms with Crippen LogP contribution in [0, 0.1) is 19.7 Å². The Kier molecular flexibility index (Phi) is 3.02. The van der Waals surface area contributed by atoms with Crippen molar-refractivity contribution in [1.82, 2.24) is 0 Å². The summed E-state index contributed by atoms with van der Waals surface area (Å²) in [5.41, 5.74) is 6.85. The molecule has 1 aromatic carbocycles. The van der Waals surface area contributed by atoms with E-state index in [0.29, 0.717) is 11.1 Å². The van der Waals surface area contributed by atoms with Gasteiger partial charge >= 0.3 is 0 Å². The minimum absolute atomic E-state index is 0.207. The van der Waals surface area contributed by atoms with Crippen LogP contribution in [0.2, 0.25) is 0 Å². The normalized spacial score (nSPS) is 10.8. The minimum Gasteiger partial charge on any atom is -0.366 e. The number of aryl methyl sites for hydroxylation is 2. The summed E-state index contributed by atoms with van der Waals surface area (Å²) in [6.45, 7) is 3.37. The molecule has 0 aliphatic carbocycles. The summed E-state index contributed by atoms with van der Waals surface area (Å²) < 4.78 is 13.2. The van der Waals surface area contributed by atoms with E-state index < -0.39 is 5.91 Å². The van der Waals surface area contributed by atoms with Crippen molar-refractivity contribution in [1.29, 1.82) is 0 Å². The second-order valence-corrected chi connectivity index (χ2v) is 3.20. The quantitative estimate of drug-likeness (QED) is 0.716. The van der Waals surface area contributed by atoms with Crippen LogP contribution >= 0.6 is 0 Å². The standard InChI is InChI=1S/C11H12FNO/c1-7-5-9(3-4-10(13)14)6-8(2)11(7)12/h3-6H,1-2H3,(H2,13,14)/b4-3-. The summed E-state index contributed by atoms with van der Waals surface area (Å²) in [5, 5.41) is 0. The topological polar surface area (TPSA) is 43.1 Å². The van der Waals surface area contributed by atoms with E-state index in [0.717, 1.165) is 5.56 Å². The van der Waals surface area contributed by atoms with Crippen LogP contribution in [-0.4, -0.2) is 5.91 Å². The Morgan fingerprint density at radius 3 is 2.29 bits per heavy atom. The van der Waals surface area contributed by atoms with E-state index in [4.69, 9.17) is 5.73 Å². The van der Waals surface area contributed by atoms with Crippen LogP contribution in [0.25, 0.3) is 6.08 Å². The molecule has 74 valence electrons. The van der Waals surface area contributed by atoms with Crippen LogP contribution in [0.5, 0.6) is 0 Å². The number of amides is 1. The number of nitrogens with two attached hydrogens (primary N) is 1. The number of benzene rings is 1. The molecule has 0 radical (unpaired) electrons. The van der Waals surface area contributed by atoms with Gasteiger partial charge in [-0.05, 0) is 48.7 Å². The van der Waals surface area contributed by atoms with Gasteiger partial charge in [-0.25, -0.2) is 4.39 Å². The average Bonchev–Trinajstić information content (AvgIpc) is 2.10. The third-order valence-electron chi connectivity index (χ3n) is 1.90. The van der Waals surface area contributed by atoms with Crippen molar-refractivity contribution in [2.75, 3.05) is 0 Å². The first-order valence-corrected chi connectivity index (χ1v) is 4.25. The van der Waals surface area contributed by atoms with Crippen LogP contribution in [0.3, 0.4) is 0 Å². The van der Waals surface area contributed by atoms with E-state index in [-0.39, 0.29) is 5.82 Å². The molecular formula is C11H12FNO. The van der Waals surface area contributed by atoms with Crippen molar-refractivity contribution >= 4 is 12.0 Å². The van der Waals surface area contributed by atoms with E-state index >= 15 is 0 Å². The first-order valence-electron chi connectivity index (χ1n) is 4.25. The van der Waals surface area contributed by atoms with Gasteiger partial charge in [-0.1, -0.05) is 0 Å². The van der Waals surface area contributed by atoms with Gasteiger partial charge < -0.3 is 5.73 Å². The summed E-state index contributed by atoms with van der Waals surface area (Å²) in [5.74, 6) is -0.717. The Morgan fingerprint density at radius 2 is 1.86 bits per heavy atom. The third-order valence-corrected chi connectivity index (χ3v) is 1.90. The highest BCUT2D eigenvalue weighted by molar-refractivity contribution is 5.90. The van der Waals surface area contributed by atoms with Crippen molar-refractivity contribution in [3.05, 3.63) is 40.7 Å². The highest BCUT2D eigenvalue weighted by atomic mass is 19.1. The molecule has 1 aromatic rings. The van der Waals surface area contributed by atoms with Gasteiger partial charge in [-0.2, -0.15) is 0 Å². The molecule has 0 aliphatic rings. The van der Waals surface area contributed by atoms with Crippen LogP contribution < -0.4 is 5.73 Å². The van der Waals surface area contributed by atoms with Gasteiger partial charge in [0, 0.05) is 6.08 Å². The molecule has 0 spiro atoms. The maximum atomic E-state index is 13.2. The van der Waals surface area contributed by atoms with Gasteiger partial charge in [0.25, 0.3) is 0 Å². The zero-order chi connectivity index (χ0) is 10.7. The van der Waals surface area contributed by atoms with Crippen molar-refractivity contribution in [3.8, 4) is 0 Å². The predicted octanol–water partition coefficient (Wildman–Crippen LogP) is 1.94. The molecule has 1 amide bonds. The molecular weight excluding hydrogens is 181 g/mol. The van der Waals surface area contributed by atoms with Gasteiger partial charge in [-0.3, -0.25) is 4.79 Å². The monoisotopic (exact) mass is 193 g/mol. The molecule has 1 rings (SSSR count). The minimum atomic E-state index is -0.510. The molecule has 0 atom stereocenters. The molecule has 0 saturated heterocycles. The molecule has 0 fully saturated rings. The fourth-order valence-corrected chi connectivity index (χ4v) is 1.25. The summed E-state index contributed by atoms with van der Waals surface area (Å²) >= 11 is 0. The lowest BCUT2D eigenvalue weighted by Crippen LogP contribution is -2.05. The predicted molar refractivity (Wildman–Crippen MR) is 54.1 cm³/mol. The number of primary amides is 1. The highest BCUT2D eigenvalue weighted by Crippen LogP contribution is 2.15. The van der Waals surface area contributed by atoms with Crippen molar-refractivity contribution < 1.29 is 9.18 Å². The second-order valence-electron chi connectivity index (χ2n) is 3.20. The van der Waals surface area contributed by atoms with Crippen LogP contribution in [-0.2, 0) is 4.79 Å². The molecule has 14 heavy (non-hydrogen) atoms.